The minimum atomic E-state index is -3.74. The standard InChI is InChI=1S/C23H30ClN3O4S/c1-5-20(23(29)25-6-2)26(15-18-11-13-19(24)14-12-18)22(28)16-27(32(4,30)31)21-10-8-7-9-17(21)3/h7-14,20H,5-6,15-16H2,1-4H3,(H,25,29). The summed E-state index contributed by atoms with van der Waals surface area (Å²) in [5.41, 5.74) is 1.94. The van der Waals surface area contributed by atoms with E-state index in [-0.39, 0.29) is 12.5 Å². The average molecular weight is 480 g/mol. The van der Waals surface area contributed by atoms with Crippen molar-refractivity contribution in [2.75, 3.05) is 23.7 Å². The zero-order chi connectivity index (χ0) is 23.9. The van der Waals surface area contributed by atoms with E-state index in [1.54, 1.807) is 62.4 Å². The normalized spacial score (nSPS) is 12.2. The molecule has 0 spiro atoms. The van der Waals surface area contributed by atoms with Crippen molar-refractivity contribution in [3.63, 3.8) is 0 Å². The molecule has 2 rings (SSSR count). The number of sulfonamides is 1. The third-order valence-corrected chi connectivity index (χ3v) is 6.44. The third kappa shape index (κ3) is 6.71. The van der Waals surface area contributed by atoms with Gasteiger partial charge in [0.15, 0.2) is 0 Å². The molecule has 0 bridgehead atoms. The molecule has 7 nitrogen and oxygen atoms in total. The highest BCUT2D eigenvalue weighted by Gasteiger charge is 2.31. The maximum Gasteiger partial charge on any atom is 0.244 e. The van der Waals surface area contributed by atoms with Crippen LogP contribution in [0.2, 0.25) is 5.02 Å². The molecule has 0 radical (unpaired) electrons. The Balaban J connectivity index is 2.43. The summed E-state index contributed by atoms with van der Waals surface area (Å²) in [5.74, 6) is -0.745. The van der Waals surface area contributed by atoms with E-state index in [9.17, 15) is 18.0 Å². The Bertz CT molecular complexity index is 1040. The predicted octanol–water partition coefficient (Wildman–Crippen LogP) is 3.36. The molecule has 0 aliphatic heterocycles. The molecule has 174 valence electrons. The molecule has 0 saturated carbocycles. The number of nitrogens with zero attached hydrogens (tertiary/aromatic N) is 2. The Kier molecular flexibility index (Phi) is 9.09. The van der Waals surface area contributed by atoms with Crippen LogP contribution in [0.15, 0.2) is 48.5 Å². The van der Waals surface area contributed by atoms with Gasteiger partial charge in [-0.15, -0.1) is 0 Å². The number of amides is 2. The first-order valence-electron chi connectivity index (χ1n) is 10.4. The van der Waals surface area contributed by atoms with Crippen molar-refractivity contribution in [1.29, 1.82) is 0 Å². The number of nitrogens with one attached hydrogen (secondary N) is 1. The van der Waals surface area contributed by atoms with E-state index in [1.807, 2.05) is 6.92 Å². The fraction of sp³-hybridized carbons (Fsp3) is 0.391. The van der Waals surface area contributed by atoms with E-state index in [4.69, 9.17) is 11.6 Å². The molecule has 1 N–H and O–H groups in total. The van der Waals surface area contributed by atoms with E-state index < -0.39 is 28.5 Å². The number of benzene rings is 2. The van der Waals surface area contributed by atoms with Crippen LogP contribution in [-0.2, 0) is 26.2 Å². The second-order valence-corrected chi connectivity index (χ2v) is 9.87. The predicted molar refractivity (Wildman–Crippen MR) is 128 cm³/mol. The van der Waals surface area contributed by atoms with Gasteiger partial charge in [0.25, 0.3) is 0 Å². The fourth-order valence-corrected chi connectivity index (χ4v) is 4.47. The van der Waals surface area contributed by atoms with Crippen LogP contribution < -0.4 is 9.62 Å². The first-order chi connectivity index (χ1) is 15.1. The lowest BCUT2D eigenvalue weighted by molar-refractivity contribution is -0.140. The van der Waals surface area contributed by atoms with E-state index in [0.29, 0.717) is 23.7 Å². The van der Waals surface area contributed by atoms with Crippen molar-refractivity contribution >= 4 is 39.1 Å². The van der Waals surface area contributed by atoms with Crippen molar-refractivity contribution in [2.24, 2.45) is 0 Å². The minimum absolute atomic E-state index is 0.150. The van der Waals surface area contributed by atoms with Gasteiger partial charge < -0.3 is 10.2 Å². The lowest BCUT2D eigenvalue weighted by Crippen LogP contribution is -2.52. The smallest absolute Gasteiger partial charge is 0.244 e. The van der Waals surface area contributed by atoms with Gasteiger partial charge in [0, 0.05) is 18.1 Å². The highest BCUT2D eigenvalue weighted by atomic mass is 35.5. The van der Waals surface area contributed by atoms with Gasteiger partial charge in [-0.2, -0.15) is 0 Å². The molecule has 0 saturated heterocycles. The van der Waals surface area contributed by atoms with Crippen LogP contribution in [0.1, 0.15) is 31.4 Å². The van der Waals surface area contributed by atoms with Crippen molar-refractivity contribution in [3.8, 4) is 0 Å². The van der Waals surface area contributed by atoms with Gasteiger partial charge in [0.2, 0.25) is 21.8 Å². The number of hydrogen-bond acceptors (Lipinski definition) is 4. The van der Waals surface area contributed by atoms with Crippen LogP contribution >= 0.6 is 11.6 Å². The van der Waals surface area contributed by atoms with E-state index >= 15 is 0 Å². The summed E-state index contributed by atoms with van der Waals surface area (Å²) in [6.45, 7) is 5.57. The zero-order valence-electron chi connectivity index (χ0n) is 18.8. The van der Waals surface area contributed by atoms with Crippen molar-refractivity contribution in [2.45, 2.75) is 39.8 Å². The Labute approximate surface area is 195 Å². The summed E-state index contributed by atoms with van der Waals surface area (Å²) in [6, 6.07) is 13.2. The molecular weight excluding hydrogens is 450 g/mol. The summed E-state index contributed by atoms with van der Waals surface area (Å²) in [7, 11) is -3.74. The number of halogens is 1. The quantitative estimate of drug-likeness (QED) is 0.566. The average Bonchev–Trinajstić information content (AvgIpc) is 2.73. The fourth-order valence-electron chi connectivity index (χ4n) is 3.44. The summed E-state index contributed by atoms with van der Waals surface area (Å²) in [5, 5.41) is 3.33. The Morgan fingerprint density at radius 3 is 2.22 bits per heavy atom. The number of carbonyl (C=O) groups is 2. The number of carbonyl (C=O) groups excluding carboxylic acids is 2. The first kappa shape index (κ1) is 25.7. The van der Waals surface area contributed by atoms with Crippen molar-refractivity contribution in [3.05, 3.63) is 64.7 Å². The highest BCUT2D eigenvalue weighted by Crippen LogP contribution is 2.23. The molecule has 0 heterocycles. The molecule has 32 heavy (non-hydrogen) atoms. The van der Waals surface area contributed by atoms with Gasteiger partial charge in [-0.1, -0.05) is 48.9 Å². The van der Waals surface area contributed by atoms with Gasteiger partial charge in [-0.05, 0) is 49.6 Å². The van der Waals surface area contributed by atoms with Crippen LogP contribution in [0.25, 0.3) is 0 Å². The number of likely N-dealkylation sites (N-methyl/N-ethyl adjacent to an activating group) is 1. The summed E-state index contributed by atoms with van der Waals surface area (Å²) in [6.07, 6.45) is 1.45. The molecule has 0 fully saturated rings. The number of rotatable bonds is 10. The van der Waals surface area contributed by atoms with Crippen molar-refractivity contribution in [1.82, 2.24) is 10.2 Å². The molecule has 0 aliphatic carbocycles. The molecule has 1 atom stereocenters. The lowest BCUT2D eigenvalue weighted by atomic mass is 10.1. The summed E-state index contributed by atoms with van der Waals surface area (Å²) >= 11 is 5.98. The van der Waals surface area contributed by atoms with Gasteiger partial charge in [0.1, 0.15) is 12.6 Å². The summed E-state index contributed by atoms with van der Waals surface area (Å²) < 4.78 is 26.2. The molecule has 9 heteroatoms. The van der Waals surface area contributed by atoms with Crippen LogP contribution in [0.4, 0.5) is 5.69 Å². The van der Waals surface area contributed by atoms with E-state index in [1.165, 1.54) is 4.90 Å². The van der Waals surface area contributed by atoms with Crippen LogP contribution in [-0.4, -0.2) is 50.5 Å². The van der Waals surface area contributed by atoms with E-state index in [2.05, 4.69) is 5.32 Å². The molecule has 0 aromatic heterocycles. The monoisotopic (exact) mass is 479 g/mol. The SMILES string of the molecule is CCNC(=O)C(CC)N(Cc1ccc(Cl)cc1)C(=O)CN(c1ccccc1C)S(C)(=O)=O. The molecular formula is C23H30ClN3O4S. The second kappa shape index (κ2) is 11.3. The number of anilines is 1. The lowest BCUT2D eigenvalue weighted by Gasteiger charge is -2.33. The van der Waals surface area contributed by atoms with Gasteiger partial charge >= 0.3 is 0 Å². The van der Waals surface area contributed by atoms with Crippen LogP contribution in [0, 0.1) is 6.92 Å². The third-order valence-electron chi connectivity index (χ3n) is 5.07. The number of aryl methyl sites for hydroxylation is 1. The first-order valence-corrected chi connectivity index (χ1v) is 12.7. The maximum atomic E-state index is 13.5. The minimum Gasteiger partial charge on any atom is -0.355 e. The summed E-state index contributed by atoms with van der Waals surface area (Å²) in [4.78, 5) is 27.6. The Morgan fingerprint density at radius 1 is 1.06 bits per heavy atom. The Morgan fingerprint density at radius 2 is 1.69 bits per heavy atom. The topological polar surface area (TPSA) is 86.8 Å². The largest absolute Gasteiger partial charge is 0.355 e. The van der Waals surface area contributed by atoms with Crippen LogP contribution in [0.3, 0.4) is 0 Å². The molecule has 0 aliphatic rings. The highest BCUT2D eigenvalue weighted by molar-refractivity contribution is 7.92. The molecule has 2 aromatic carbocycles. The zero-order valence-corrected chi connectivity index (χ0v) is 20.4. The molecule has 1 unspecified atom stereocenters. The Hall–Kier alpha value is -2.58. The van der Waals surface area contributed by atoms with Gasteiger partial charge in [0.05, 0.1) is 11.9 Å². The second-order valence-electron chi connectivity index (χ2n) is 7.52. The number of hydrogen-bond donors (Lipinski definition) is 1. The van der Waals surface area contributed by atoms with Crippen LogP contribution in [0.5, 0.6) is 0 Å². The van der Waals surface area contributed by atoms with E-state index in [0.717, 1.165) is 21.7 Å². The van der Waals surface area contributed by atoms with Crippen molar-refractivity contribution < 1.29 is 18.0 Å². The molecule has 2 amide bonds. The van der Waals surface area contributed by atoms with Gasteiger partial charge in [-0.3, -0.25) is 13.9 Å². The van der Waals surface area contributed by atoms with Gasteiger partial charge in [-0.25, -0.2) is 8.42 Å². The maximum absolute atomic E-state index is 13.5. The molecule has 2 aromatic rings. The number of para-hydroxylation sites is 1.